The molecule has 0 N–H and O–H groups in total. The molecule has 0 amide bonds. The van der Waals surface area contributed by atoms with Crippen LogP contribution in [0.5, 0.6) is 0 Å². The number of carboxylic acid groups (broad SMARTS) is 1. The average molecular weight is 204 g/mol. The first-order valence-corrected chi connectivity index (χ1v) is 3.01. The Labute approximate surface area is 73.8 Å². The number of aliphatic carboxylic acids is 1. The Morgan fingerprint density at radius 1 is 1.33 bits per heavy atom. The van der Waals surface area contributed by atoms with Crippen molar-refractivity contribution in [1.82, 2.24) is 0 Å². The fraction of sp³-hybridized carbons (Fsp3) is 0.833. The molecule has 0 radical (unpaired) electrons. The minimum absolute atomic E-state index is 0. The van der Waals surface area contributed by atoms with E-state index in [1.54, 1.807) is 0 Å². The molecule has 0 bridgehead atoms. The smallest absolute Gasteiger partial charge is 0.0445 e. The third kappa shape index (κ3) is 2.62. The summed E-state index contributed by atoms with van der Waals surface area (Å²) in [7, 11) is 0. The zero-order valence-electron chi connectivity index (χ0n) is 5.22. The molecule has 1 saturated carbocycles. The van der Waals surface area contributed by atoms with E-state index >= 15 is 0 Å². The predicted molar refractivity (Wildman–Crippen MR) is 27.0 cm³/mol. The first kappa shape index (κ1) is 9.35. The molecule has 0 heterocycles. The van der Waals surface area contributed by atoms with E-state index < -0.39 is 5.97 Å². The van der Waals surface area contributed by atoms with Crippen molar-refractivity contribution in [3.05, 3.63) is 0 Å². The Bertz CT molecular complexity index is 97.2. The van der Waals surface area contributed by atoms with Crippen molar-refractivity contribution >= 4 is 5.97 Å². The Morgan fingerprint density at radius 2 is 1.78 bits per heavy atom. The SMILES string of the molecule is O=C([O-])C1CCCC1.[Zr]. The van der Waals surface area contributed by atoms with Crippen molar-refractivity contribution in [1.29, 1.82) is 0 Å². The molecule has 1 fully saturated rings. The molecule has 0 atom stereocenters. The maximum Gasteiger partial charge on any atom is 0.0445 e. The van der Waals surface area contributed by atoms with Crippen LogP contribution in [0.15, 0.2) is 0 Å². The van der Waals surface area contributed by atoms with Crippen LogP contribution in [-0.4, -0.2) is 5.97 Å². The molecule has 0 spiro atoms. The average Bonchev–Trinajstić information content (AvgIpc) is 2.12. The molecular formula is C6H9O2Zr-. The molecule has 2 nitrogen and oxygen atoms in total. The van der Waals surface area contributed by atoms with E-state index in [-0.39, 0.29) is 32.1 Å². The minimum Gasteiger partial charge on any atom is -0.550 e. The van der Waals surface area contributed by atoms with Crippen LogP contribution in [0.1, 0.15) is 25.7 Å². The van der Waals surface area contributed by atoms with Gasteiger partial charge in [-0.1, -0.05) is 12.8 Å². The molecular weight excluding hydrogens is 195 g/mol. The number of rotatable bonds is 1. The van der Waals surface area contributed by atoms with E-state index in [4.69, 9.17) is 0 Å². The van der Waals surface area contributed by atoms with E-state index in [2.05, 4.69) is 0 Å². The Balaban J connectivity index is 0.000000640. The first-order valence-electron chi connectivity index (χ1n) is 3.01. The fourth-order valence-corrected chi connectivity index (χ4v) is 1.16. The van der Waals surface area contributed by atoms with Crippen molar-refractivity contribution < 1.29 is 36.1 Å². The van der Waals surface area contributed by atoms with E-state index in [1.807, 2.05) is 0 Å². The molecule has 0 aromatic carbocycles. The number of hydrogen-bond donors (Lipinski definition) is 0. The van der Waals surface area contributed by atoms with Gasteiger partial charge in [0.15, 0.2) is 0 Å². The Kier molecular flexibility index (Phi) is 4.38. The van der Waals surface area contributed by atoms with E-state index in [0.29, 0.717) is 0 Å². The molecule has 1 rings (SSSR count). The summed E-state index contributed by atoms with van der Waals surface area (Å²) >= 11 is 0. The molecule has 50 valence electrons. The van der Waals surface area contributed by atoms with Crippen LogP contribution < -0.4 is 5.11 Å². The molecule has 0 saturated heterocycles. The minimum atomic E-state index is -0.859. The number of carbonyl (C=O) groups is 1. The second-order valence-corrected chi connectivity index (χ2v) is 2.30. The van der Waals surface area contributed by atoms with Gasteiger partial charge in [0.2, 0.25) is 0 Å². The second kappa shape index (κ2) is 4.21. The van der Waals surface area contributed by atoms with E-state index in [9.17, 15) is 9.90 Å². The zero-order chi connectivity index (χ0) is 5.98. The van der Waals surface area contributed by atoms with Crippen molar-refractivity contribution in [3.63, 3.8) is 0 Å². The van der Waals surface area contributed by atoms with Crippen LogP contribution in [0.4, 0.5) is 0 Å². The normalized spacial score (nSPS) is 19.1. The second-order valence-electron chi connectivity index (χ2n) is 2.30. The molecule has 0 aliphatic heterocycles. The number of hydrogen-bond acceptors (Lipinski definition) is 2. The van der Waals surface area contributed by atoms with Gasteiger partial charge in [0, 0.05) is 32.2 Å². The largest absolute Gasteiger partial charge is 0.550 e. The van der Waals surface area contributed by atoms with E-state index in [0.717, 1.165) is 25.7 Å². The summed E-state index contributed by atoms with van der Waals surface area (Å²) in [6.45, 7) is 0. The molecule has 3 heteroatoms. The maximum atomic E-state index is 10.1. The summed E-state index contributed by atoms with van der Waals surface area (Å²) in [5.74, 6) is -0.988. The van der Waals surface area contributed by atoms with Crippen LogP contribution in [0.2, 0.25) is 0 Å². The zero-order valence-corrected chi connectivity index (χ0v) is 7.68. The predicted octanol–water partition coefficient (Wildman–Crippen LogP) is -0.0760. The van der Waals surface area contributed by atoms with Gasteiger partial charge in [-0.2, -0.15) is 0 Å². The van der Waals surface area contributed by atoms with Crippen molar-refractivity contribution in [2.75, 3.05) is 0 Å². The van der Waals surface area contributed by atoms with Crippen molar-refractivity contribution in [2.24, 2.45) is 5.92 Å². The molecule has 0 unspecified atom stereocenters. The van der Waals surface area contributed by atoms with Gasteiger partial charge in [-0.15, -0.1) is 0 Å². The van der Waals surface area contributed by atoms with Crippen molar-refractivity contribution in [2.45, 2.75) is 25.7 Å². The fourth-order valence-electron chi connectivity index (χ4n) is 1.16. The van der Waals surface area contributed by atoms with Crippen molar-refractivity contribution in [3.8, 4) is 0 Å². The number of carboxylic acids is 1. The summed E-state index contributed by atoms with van der Waals surface area (Å²) in [5.41, 5.74) is 0. The molecule has 0 aromatic heterocycles. The molecule has 1 aliphatic rings. The van der Waals surface area contributed by atoms with Gasteiger partial charge in [0.25, 0.3) is 0 Å². The van der Waals surface area contributed by atoms with Gasteiger partial charge >= 0.3 is 0 Å². The van der Waals surface area contributed by atoms with Gasteiger partial charge in [-0.25, -0.2) is 0 Å². The topological polar surface area (TPSA) is 40.1 Å². The summed E-state index contributed by atoms with van der Waals surface area (Å²) < 4.78 is 0. The Hall–Kier alpha value is 0.353. The van der Waals surface area contributed by atoms with Gasteiger partial charge < -0.3 is 9.90 Å². The number of carbonyl (C=O) groups excluding carboxylic acids is 1. The van der Waals surface area contributed by atoms with Gasteiger partial charge in [0.05, 0.1) is 0 Å². The van der Waals surface area contributed by atoms with Gasteiger partial charge in [-0.05, 0) is 18.8 Å². The van der Waals surface area contributed by atoms with Crippen LogP contribution in [0, 0.1) is 5.92 Å². The summed E-state index contributed by atoms with van der Waals surface area (Å²) in [6.07, 6.45) is 3.81. The van der Waals surface area contributed by atoms with Gasteiger partial charge in [-0.3, -0.25) is 0 Å². The monoisotopic (exact) mass is 203 g/mol. The van der Waals surface area contributed by atoms with E-state index in [1.165, 1.54) is 0 Å². The van der Waals surface area contributed by atoms with Crippen LogP contribution in [0.25, 0.3) is 0 Å². The van der Waals surface area contributed by atoms with Crippen LogP contribution >= 0.6 is 0 Å². The summed E-state index contributed by atoms with van der Waals surface area (Å²) in [6, 6.07) is 0. The first-order chi connectivity index (χ1) is 3.80. The van der Waals surface area contributed by atoms with Crippen LogP contribution in [-0.2, 0) is 31.0 Å². The third-order valence-corrected chi connectivity index (χ3v) is 1.69. The molecule has 1 aliphatic carbocycles. The molecule has 0 aromatic rings. The van der Waals surface area contributed by atoms with Crippen LogP contribution in [0.3, 0.4) is 0 Å². The standard InChI is InChI=1S/C6H10O2.Zr/c7-6(8)5-3-1-2-4-5;/h5H,1-4H2,(H,7,8);/p-1. The Morgan fingerprint density at radius 3 is 2.00 bits per heavy atom. The molecule has 9 heavy (non-hydrogen) atoms. The summed E-state index contributed by atoms with van der Waals surface area (Å²) in [5, 5.41) is 10.1. The third-order valence-electron chi connectivity index (χ3n) is 1.69. The quantitative estimate of drug-likeness (QED) is 0.599. The van der Waals surface area contributed by atoms with Gasteiger partial charge in [0.1, 0.15) is 0 Å². The maximum absolute atomic E-state index is 10.1. The summed E-state index contributed by atoms with van der Waals surface area (Å²) in [4.78, 5) is 10.1.